The number of nitrogens with one attached hydrogen (secondary N) is 1. The minimum Gasteiger partial charge on any atom is -0.380 e. The second kappa shape index (κ2) is 6.99. The molecule has 1 atom stereocenters. The molecule has 4 heteroatoms. The van der Waals surface area contributed by atoms with Crippen LogP contribution in [-0.2, 0) is 11.3 Å². The number of benzene rings is 1. The van der Waals surface area contributed by atoms with Gasteiger partial charge in [-0.3, -0.25) is 0 Å². The van der Waals surface area contributed by atoms with Crippen LogP contribution in [0.1, 0.15) is 19.4 Å². The summed E-state index contributed by atoms with van der Waals surface area (Å²) in [6.45, 7) is 5.84. The van der Waals surface area contributed by atoms with Crippen LogP contribution in [0.4, 0.5) is 4.39 Å². The first-order valence-corrected chi connectivity index (χ1v) is 6.17. The van der Waals surface area contributed by atoms with Crippen molar-refractivity contribution in [2.45, 2.75) is 26.4 Å². The smallest absolute Gasteiger partial charge is 0.127 e. The van der Waals surface area contributed by atoms with Gasteiger partial charge in [-0.05, 0) is 32.0 Å². The van der Waals surface area contributed by atoms with Gasteiger partial charge in [-0.1, -0.05) is 15.9 Å². The first-order chi connectivity index (χ1) is 7.63. The lowest BCUT2D eigenvalue weighted by Gasteiger charge is -2.14. The minimum absolute atomic E-state index is 0.181. The van der Waals surface area contributed by atoms with Crippen LogP contribution in [0.3, 0.4) is 0 Å². The Morgan fingerprint density at radius 2 is 2.25 bits per heavy atom. The van der Waals surface area contributed by atoms with Crippen LogP contribution in [0, 0.1) is 5.82 Å². The number of ether oxygens (including phenoxy) is 1. The van der Waals surface area contributed by atoms with E-state index in [0.717, 1.165) is 4.47 Å². The maximum atomic E-state index is 13.4. The molecule has 1 aromatic rings. The van der Waals surface area contributed by atoms with E-state index in [9.17, 15) is 4.39 Å². The Bertz CT molecular complexity index is 333. The van der Waals surface area contributed by atoms with E-state index in [1.54, 1.807) is 12.1 Å². The molecule has 0 heterocycles. The summed E-state index contributed by atoms with van der Waals surface area (Å²) in [6, 6.07) is 5.17. The topological polar surface area (TPSA) is 21.3 Å². The second-order valence-corrected chi connectivity index (χ2v) is 4.59. The zero-order valence-electron chi connectivity index (χ0n) is 9.59. The summed E-state index contributed by atoms with van der Waals surface area (Å²) >= 11 is 3.33. The zero-order chi connectivity index (χ0) is 12.0. The highest BCUT2D eigenvalue weighted by Crippen LogP contribution is 2.15. The minimum atomic E-state index is -0.181. The molecule has 2 nitrogen and oxygen atoms in total. The molecule has 0 fully saturated rings. The average Bonchev–Trinajstić information content (AvgIpc) is 2.27. The number of hydrogen-bond acceptors (Lipinski definition) is 2. The molecule has 16 heavy (non-hydrogen) atoms. The molecule has 0 aliphatic carbocycles. The fourth-order valence-electron chi connectivity index (χ4n) is 1.32. The van der Waals surface area contributed by atoms with E-state index in [2.05, 4.69) is 21.2 Å². The first kappa shape index (κ1) is 13.6. The quantitative estimate of drug-likeness (QED) is 0.869. The highest BCUT2D eigenvalue weighted by Gasteiger charge is 2.05. The summed E-state index contributed by atoms with van der Waals surface area (Å²) in [5.74, 6) is -0.181. The monoisotopic (exact) mass is 289 g/mol. The first-order valence-electron chi connectivity index (χ1n) is 5.38. The molecule has 0 aliphatic rings. The molecule has 1 rings (SSSR count). The van der Waals surface area contributed by atoms with Gasteiger partial charge in [0.05, 0.1) is 6.61 Å². The van der Waals surface area contributed by atoms with Gasteiger partial charge in [-0.15, -0.1) is 0 Å². The predicted octanol–water partition coefficient (Wildman–Crippen LogP) is 3.10. The van der Waals surface area contributed by atoms with Gasteiger partial charge in [0.25, 0.3) is 0 Å². The third-order valence-corrected chi connectivity index (χ3v) is 2.71. The summed E-state index contributed by atoms with van der Waals surface area (Å²) in [6.07, 6.45) is 0. The third kappa shape index (κ3) is 4.60. The van der Waals surface area contributed by atoms with Crippen molar-refractivity contribution < 1.29 is 9.13 Å². The summed E-state index contributed by atoms with van der Waals surface area (Å²) in [7, 11) is 0. The van der Waals surface area contributed by atoms with E-state index < -0.39 is 0 Å². The van der Waals surface area contributed by atoms with E-state index in [1.165, 1.54) is 6.07 Å². The van der Waals surface area contributed by atoms with E-state index >= 15 is 0 Å². The fourth-order valence-corrected chi connectivity index (χ4v) is 1.73. The number of hydrogen-bond donors (Lipinski definition) is 1. The SMILES string of the molecule is CCOCC(C)NCc1cc(Br)ccc1F. The molecular formula is C12H17BrFNO. The van der Waals surface area contributed by atoms with Gasteiger partial charge in [-0.25, -0.2) is 4.39 Å². The Morgan fingerprint density at radius 3 is 2.94 bits per heavy atom. The molecule has 0 spiro atoms. The van der Waals surface area contributed by atoms with Crippen molar-refractivity contribution in [1.29, 1.82) is 0 Å². The molecule has 0 radical (unpaired) electrons. The molecule has 0 amide bonds. The van der Waals surface area contributed by atoms with Crippen LogP contribution in [-0.4, -0.2) is 19.3 Å². The highest BCUT2D eigenvalue weighted by molar-refractivity contribution is 9.10. The van der Waals surface area contributed by atoms with Crippen molar-refractivity contribution in [1.82, 2.24) is 5.32 Å². The molecular weight excluding hydrogens is 273 g/mol. The van der Waals surface area contributed by atoms with Gasteiger partial charge in [0.1, 0.15) is 5.82 Å². The summed E-state index contributed by atoms with van der Waals surface area (Å²) in [4.78, 5) is 0. The molecule has 0 bridgehead atoms. The van der Waals surface area contributed by atoms with Crippen molar-refractivity contribution in [2.75, 3.05) is 13.2 Å². The lowest BCUT2D eigenvalue weighted by atomic mass is 10.2. The molecule has 1 aromatic carbocycles. The van der Waals surface area contributed by atoms with Crippen LogP contribution in [0.2, 0.25) is 0 Å². The maximum absolute atomic E-state index is 13.4. The van der Waals surface area contributed by atoms with Crippen molar-refractivity contribution >= 4 is 15.9 Å². The fraction of sp³-hybridized carbons (Fsp3) is 0.500. The van der Waals surface area contributed by atoms with Gasteiger partial charge in [0.15, 0.2) is 0 Å². The van der Waals surface area contributed by atoms with Crippen LogP contribution in [0.5, 0.6) is 0 Å². The van der Waals surface area contributed by atoms with Crippen LogP contribution >= 0.6 is 15.9 Å². The summed E-state index contributed by atoms with van der Waals surface area (Å²) in [5, 5.41) is 3.22. The highest BCUT2D eigenvalue weighted by atomic mass is 79.9. The largest absolute Gasteiger partial charge is 0.380 e. The van der Waals surface area contributed by atoms with Gasteiger partial charge in [0.2, 0.25) is 0 Å². The van der Waals surface area contributed by atoms with Crippen molar-refractivity contribution in [3.05, 3.63) is 34.1 Å². The van der Waals surface area contributed by atoms with Gasteiger partial charge >= 0.3 is 0 Å². The Hall–Kier alpha value is -0.450. The third-order valence-electron chi connectivity index (χ3n) is 2.22. The van der Waals surface area contributed by atoms with Gasteiger partial charge < -0.3 is 10.1 Å². The summed E-state index contributed by atoms with van der Waals surface area (Å²) in [5.41, 5.74) is 0.665. The number of rotatable bonds is 6. The van der Waals surface area contributed by atoms with E-state index in [-0.39, 0.29) is 11.9 Å². The average molecular weight is 290 g/mol. The molecule has 0 aliphatic heterocycles. The van der Waals surface area contributed by atoms with Gasteiger partial charge in [0, 0.05) is 29.2 Å². The Kier molecular flexibility index (Phi) is 5.95. The molecule has 1 N–H and O–H groups in total. The van der Waals surface area contributed by atoms with Crippen molar-refractivity contribution in [2.24, 2.45) is 0 Å². The second-order valence-electron chi connectivity index (χ2n) is 3.68. The van der Waals surface area contributed by atoms with E-state index in [1.807, 2.05) is 13.8 Å². The lowest BCUT2D eigenvalue weighted by Crippen LogP contribution is -2.30. The molecule has 0 saturated carbocycles. The van der Waals surface area contributed by atoms with Crippen molar-refractivity contribution in [3.63, 3.8) is 0 Å². The zero-order valence-corrected chi connectivity index (χ0v) is 11.2. The standard InChI is InChI=1S/C12H17BrFNO/c1-3-16-8-9(2)15-7-10-6-11(13)4-5-12(10)14/h4-6,9,15H,3,7-8H2,1-2H3. The Balaban J connectivity index is 2.44. The Morgan fingerprint density at radius 1 is 1.50 bits per heavy atom. The summed E-state index contributed by atoms with van der Waals surface area (Å²) < 4.78 is 19.5. The maximum Gasteiger partial charge on any atom is 0.127 e. The normalized spacial score (nSPS) is 12.8. The van der Waals surface area contributed by atoms with E-state index in [4.69, 9.17) is 4.74 Å². The molecule has 90 valence electrons. The van der Waals surface area contributed by atoms with E-state index in [0.29, 0.717) is 25.3 Å². The number of halogens is 2. The molecule has 1 unspecified atom stereocenters. The molecule has 0 aromatic heterocycles. The van der Waals surface area contributed by atoms with Crippen LogP contribution in [0.25, 0.3) is 0 Å². The van der Waals surface area contributed by atoms with Gasteiger partial charge in [-0.2, -0.15) is 0 Å². The van der Waals surface area contributed by atoms with Crippen LogP contribution in [0.15, 0.2) is 22.7 Å². The van der Waals surface area contributed by atoms with Crippen LogP contribution < -0.4 is 5.32 Å². The molecule has 0 saturated heterocycles. The predicted molar refractivity (Wildman–Crippen MR) is 66.9 cm³/mol. The lowest BCUT2D eigenvalue weighted by molar-refractivity contribution is 0.127. The Labute approximate surface area is 104 Å². The van der Waals surface area contributed by atoms with Crippen molar-refractivity contribution in [3.8, 4) is 0 Å².